The Morgan fingerprint density at radius 1 is 1.07 bits per heavy atom. The predicted octanol–water partition coefficient (Wildman–Crippen LogP) is 2.47. The number of benzene rings is 2. The van der Waals surface area contributed by atoms with Gasteiger partial charge in [0.05, 0.1) is 5.69 Å². The average Bonchev–Trinajstić information content (AvgIpc) is 2.95. The lowest BCUT2D eigenvalue weighted by atomic mass is 9.87. The minimum Gasteiger partial charge on any atom is -0.319 e. The number of anilines is 1. The summed E-state index contributed by atoms with van der Waals surface area (Å²) in [6.07, 6.45) is 0.162. The molecule has 0 spiro atoms. The molecular weight excluding hydrogens is 398 g/mol. The molecule has 30 heavy (non-hydrogen) atoms. The van der Waals surface area contributed by atoms with E-state index < -0.39 is 47.6 Å². The van der Waals surface area contributed by atoms with Gasteiger partial charge in [0.15, 0.2) is 0 Å². The Morgan fingerprint density at radius 3 is 2.37 bits per heavy atom. The molecule has 0 aliphatic carbocycles. The summed E-state index contributed by atoms with van der Waals surface area (Å²) in [5.41, 5.74) is -1.22. The topological polar surface area (TPSA) is 108 Å². The number of carbonyl (C=O) groups is 4. The zero-order valence-electron chi connectivity index (χ0n) is 15.9. The summed E-state index contributed by atoms with van der Waals surface area (Å²) in [6.45, 7) is 0.936. The van der Waals surface area contributed by atoms with Gasteiger partial charge in [-0.2, -0.15) is 0 Å². The Bertz CT molecular complexity index is 1010. The van der Waals surface area contributed by atoms with Gasteiger partial charge in [-0.1, -0.05) is 31.2 Å². The zero-order chi connectivity index (χ0) is 21.9. The van der Waals surface area contributed by atoms with E-state index in [2.05, 4.69) is 10.6 Å². The van der Waals surface area contributed by atoms with E-state index in [1.54, 1.807) is 6.92 Å². The van der Waals surface area contributed by atoms with Crippen LogP contribution in [0.4, 0.5) is 24.1 Å². The molecule has 0 radical (unpaired) electrons. The Balaban J connectivity index is 1.69. The van der Waals surface area contributed by atoms with Gasteiger partial charge < -0.3 is 10.6 Å². The fraction of sp³-hybridized carbons (Fsp3) is 0.200. The maximum absolute atomic E-state index is 13.6. The van der Waals surface area contributed by atoms with Crippen molar-refractivity contribution in [3.8, 4) is 0 Å². The first-order valence-electron chi connectivity index (χ1n) is 9.02. The maximum Gasteiger partial charge on any atom is 0.326 e. The summed E-state index contributed by atoms with van der Waals surface area (Å²) >= 11 is 0. The number of urea groups is 2. The molecule has 2 aromatic rings. The van der Waals surface area contributed by atoms with Crippen molar-refractivity contribution in [2.45, 2.75) is 18.9 Å². The first-order valence-corrected chi connectivity index (χ1v) is 9.02. The molecule has 1 saturated heterocycles. The smallest absolute Gasteiger partial charge is 0.319 e. The minimum absolute atomic E-state index is 0.140. The van der Waals surface area contributed by atoms with E-state index in [0.29, 0.717) is 10.5 Å². The van der Waals surface area contributed by atoms with E-state index in [1.807, 2.05) is 5.32 Å². The number of hydrogen-bond acceptors (Lipinski definition) is 4. The van der Waals surface area contributed by atoms with Gasteiger partial charge in [0.25, 0.3) is 5.91 Å². The monoisotopic (exact) mass is 416 g/mol. The molecule has 3 rings (SSSR count). The van der Waals surface area contributed by atoms with Crippen LogP contribution in [0.25, 0.3) is 0 Å². The highest BCUT2D eigenvalue weighted by molar-refractivity contribution is 6.11. The van der Waals surface area contributed by atoms with Crippen LogP contribution in [0.5, 0.6) is 0 Å². The summed E-state index contributed by atoms with van der Waals surface area (Å²) in [7, 11) is 0. The third kappa shape index (κ3) is 3.97. The lowest BCUT2D eigenvalue weighted by molar-refractivity contribution is -0.135. The summed E-state index contributed by atoms with van der Waals surface area (Å²) < 4.78 is 26.8. The van der Waals surface area contributed by atoms with Gasteiger partial charge in [0, 0.05) is 0 Å². The van der Waals surface area contributed by atoms with Gasteiger partial charge in [-0.25, -0.2) is 18.4 Å². The van der Waals surface area contributed by atoms with Gasteiger partial charge in [0.2, 0.25) is 5.91 Å². The Labute approximate surface area is 170 Å². The number of nitrogens with zero attached hydrogens (tertiary/aromatic N) is 1. The molecule has 8 nitrogen and oxygen atoms in total. The minimum atomic E-state index is -1.44. The molecule has 3 N–H and O–H groups in total. The molecule has 156 valence electrons. The predicted molar refractivity (Wildman–Crippen MR) is 102 cm³/mol. The molecule has 0 saturated carbocycles. The number of halogens is 2. The van der Waals surface area contributed by atoms with E-state index in [-0.39, 0.29) is 12.1 Å². The third-order valence-corrected chi connectivity index (χ3v) is 4.72. The highest BCUT2D eigenvalue weighted by Crippen LogP contribution is 2.32. The van der Waals surface area contributed by atoms with Gasteiger partial charge >= 0.3 is 12.1 Å². The van der Waals surface area contributed by atoms with Crippen LogP contribution in [0.2, 0.25) is 0 Å². The van der Waals surface area contributed by atoms with Crippen LogP contribution in [-0.4, -0.2) is 35.3 Å². The molecule has 1 aliphatic rings. The molecule has 1 atom stereocenters. The molecule has 10 heteroatoms. The summed E-state index contributed by atoms with van der Waals surface area (Å²) in [4.78, 5) is 50.0. The van der Waals surface area contributed by atoms with Crippen molar-refractivity contribution in [3.63, 3.8) is 0 Å². The second kappa shape index (κ2) is 8.27. The molecule has 1 heterocycles. The maximum atomic E-state index is 13.6. The highest BCUT2D eigenvalue weighted by atomic mass is 19.1. The summed E-state index contributed by atoms with van der Waals surface area (Å²) in [5, 5.41) is 6.64. The van der Waals surface area contributed by atoms with Crippen LogP contribution in [0.3, 0.4) is 0 Å². The second-order valence-corrected chi connectivity index (χ2v) is 6.57. The van der Waals surface area contributed by atoms with Crippen LogP contribution < -0.4 is 16.0 Å². The Kier molecular flexibility index (Phi) is 5.77. The van der Waals surface area contributed by atoms with Gasteiger partial charge in [0.1, 0.15) is 23.7 Å². The number of imide groups is 2. The average molecular weight is 416 g/mol. The molecule has 1 aliphatic heterocycles. The molecule has 1 fully saturated rings. The SMILES string of the molecule is CC[C@]1(c2ccc(F)cc2)NC(=O)N(CC(=O)NC(=O)Nc2ccccc2F)C1=O. The van der Waals surface area contributed by atoms with Crippen molar-refractivity contribution < 1.29 is 28.0 Å². The first kappa shape index (κ1) is 20.9. The number of rotatable bonds is 5. The van der Waals surface area contributed by atoms with Crippen molar-refractivity contribution in [3.05, 3.63) is 65.7 Å². The van der Waals surface area contributed by atoms with Crippen LogP contribution in [0, 0.1) is 11.6 Å². The number of carbonyl (C=O) groups excluding carboxylic acids is 4. The Morgan fingerprint density at radius 2 is 1.73 bits per heavy atom. The highest BCUT2D eigenvalue weighted by Gasteiger charge is 2.51. The zero-order valence-corrected chi connectivity index (χ0v) is 15.9. The van der Waals surface area contributed by atoms with Crippen LogP contribution in [0.15, 0.2) is 48.5 Å². The molecule has 0 aromatic heterocycles. The van der Waals surface area contributed by atoms with Gasteiger partial charge in [-0.05, 0) is 36.2 Å². The fourth-order valence-corrected chi connectivity index (χ4v) is 3.17. The molecule has 2 aromatic carbocycles. The van der Waals surface area contributed by atoms with E-state index in [1.165, 1.54) is 30.3 Å². The van der Waals surface area contributed by atoms with Crippen LogP contribution in [0.1, 0.15) is 18.9 Å². The largest absolute Gasteiger partial charge is 0.326 e. The normalized spacial score (nSPS) is 18.2. The molecule has 0 bridgehead atoms. The summed E-state index contributed by atoms with van der Waals surface area (Å²) in [5.74, 6) is -2.84. The third-order valence-electron chi connectivity index (χ3n) is 4.72. The van der Waals surface area contributed by atoms with Crippen molar-refractivity contribution in [1.29, 1.82) is 0 Å². The van der Waals surface area contributed by atoms with Crippen molar-refractivity contribution in [1.82, 2.24) is 15.5 Å². The lowest BCUT2D eigenvalue weighted by Crippen LogP contribution is -2.46. The van der Waals surface area contributed by atoms with Gasteiger partial charge in [-0.3, -0.25) is 19.8 Å². The van der Waals surface area contributed by atoms with E-state index in [9.17, 15) is 28.0 Å². The van der Waals surface area contributed by atoms with Crippen LogP contribution in [-0.2, 0) is 15.1 Å². The number of nitrogens with one attached hydrogen (secondary N) is 3. The van der Waals surface area contributed by atoms with Crippen molar-refractivity contribution in [2.75, 3.05) is 11.9 Å². The van der Waals surface area contributed by atoms with E-state index in [4.69, 9.17) is 0 Å². The van der Waals surface area contributed by atoms with E-state index in [0.717, 1.165) is 18.2 Å². The van der Waals surface area contributed by atoms with Gasteiger partial charge in [-0.15, -0.1) is 0 Å². The number of para-hydroxylation sites is 1. The lowest BCUT2D eigenvalue weighted by Gasteiger charge is -2.25. The van der Waals surface area contributed by atoms with E-state index >= 15 is 0 Å². The molecular formula is C20H18F2N4O4. The molecule has 6 amide bonds. The first-order chi connectivity index (χ1) is 14.3. The summed E-state index contributed by atoms with van der Waals surface area (Å²) in [6, 6.07) is 8.59. The standard InChI is InChI=1S/C20H18F2N4O4/c1-2-20(12-7-9-13(21)10-8-12)17(28)26(19(30)25-20)11-16(27)24-18(29)23-15-6-4-3-5-14(15)22/h3-10H,2,11H2,1H3,(H,25,30)(H2,23,24,27,29)/t20-/m1/s1. The number of hydrogen-bond donors (Lipinski definition) is 3. The molecule has 0 unspecified atom stereocenters. The quantitative estimate of drug-likeness (QED) is 0.651. The second-order valence-electron chi connectivity index (χ2n) is 6.57. The van der Waals surface area contributed by atoms with Crippen molar-refractivity contribution in [2.24, 2.45) is 0 Å². The Hall–Kier alpha value is -3.82. The number of amides is 6. The van der Waals surface area contributed by atoms with Crippen molar-refractivity contribution >= 4 is 29.6 Å². The van der Waals surface area contributed by atoms with Crippen LogP contribution >= 0.6 is 0 Å². The fourth-order valence-electron chi connectivity index (χ4n) is 3.17.